The molecule has 0 aliphatic carbocycles. The van der Waals surface area contributed by atoms with Gasteiger partial charge in [-0.05, 0) is 121 Å². The van der Waals surface area contributed by atoms with Crippen molar-refractivity contribution in [1.82, 2.24) is 19.9 Å². The van der Waals surface area contributed by atoms with Gasteiger partial charge >= 0.3 is 0 Å². The monoisotopic (exact) mass is 777 g/mol. The Hall–Kier alpha value is -8.28. The molecule has 0 bridgehead atoms. The SMILES string of the molecule is c1ccc(-c2ccc3c(ccc4cc(N(c5ccc(-c6cc7ccc8cnccc8c7cn6)cc5)c5ccc(-c6cc7ccc8cnccc8c7cn6)cc5)ccc43)c2)cc1. The van der Waals surface area contributed by atoms with Crippen LogP contribution < -0.4 is 4.90 Å². The van der Waals surface area contributed by atoms with Gasteiger partial charge in [-0.25, -0.2) is 0 Å². The summed E-state index contributed by atoms with van der Waals surface area (Å²) < 4.78 is 0. The Morgan fingerprint density at radius 1 is 0.279 bits per heavy atom. The van der Waals surface area contributed by atoms with Crippen molar-refractivity contribution in [3.63, 3.8) is 0 Å². The highest BCUT2D eigenvalue weighted by Crippen LogP contribution is 2.40. The molecule has 0 aliphatic rings. The van der Waals surface area contributed by atoms with Crippen molar-refractivity contribution in [2.45, 2.75) is 0 Å². The summed E-state index contributed by atoms with van der Waals surface area (Å²) in [4.78, 5) is 20.8. The van der Waals surface area contributed by atoms with Gasteiger partial charge in [-0.2, -0.15) is 0 Å². The van der Waals surface area contributed by atoms with E-state index in [-0.39, 0.29) is 0 Å². The molecular weight excluding hydrogens is 743 g/mol. The summed E-state index contributed by atoms with van der Waals surface area (Å²) >= 11 is 0. The molecule has 0 saturated carbocycles. The number of benzene rings is 8. The summed E-state index contributed by atoms with van der Waals surface area (Å²) in [6.07, 6.45) is 11.5. The molecule has 0 aliphatic heterocycles. The van der Waals surface area contributed by atoms with Gasteiger partial charge in [0.05, 0.1) is 11.4 Å². The predicted molar refractivity (Wildman–Crippen MR) is 254 cm³/mol. The Bertz CT molecular complexity index is 3480. The predicted octanol–water partition coefficient (Wildman–Crippen LogP) is 14.7. The molecule has 8 aromatic carbocycles. The third-order valence-electron chi connectivity index (χ3n) is 12.1. The number of pyridine rings is 4. The van der Waals surface area contributed by atoms with Crippen LogP contribution in [0.15, 0.2) is 213 Å². The van der Waals surface area contributed by atoms with Crippen molar-refractivity contribution >= 4 is 81.7 Å². The largest absolute Gasteiger partial charge is 0.310 e. The van der Waals surface area contributed by atoms with Crippen LogP contribution in [0, 0.1) is 0 Å². The third kappa shape index (κ3) is 6.10. The van der Waals surface area contributed by atoms with E-state index >= 15 is 0 Å². The van der Waals surface area contributed by atoms with Gasteiger partial charge in [-0.1, -0.05) is 109 Å². The summed E-state index contributed by atoms with van der Waals surface area (Å²) in [6, 6.07) is 63.2. The number of aromatic nitrogens is 4. The first-order valence-electron chi connectivity index (χ1n) is 20.5. The van der Waals surface area contributed by atoms with Gasteiger partial charge in [0.2, 0.25) is 0 Å². The van der Waals surface area contributed by atoms with E-state index in [9.17, 15) is 0 Å². The molecule has 0 saturated heterocycles. The summed E-state index contributed by atoms with van der Waals surface area (Å²) in [6.45, 7) is 0. The molecule has 5 heteroatoms. The fourth-order valence-corrected chi connectivity index (χ4v) is 8.93. The van der Waals surface area contributed by atoms with Crippen molar-refractivity contribution < 1.29 is 0 Å². The molecule has 0 spiro atoms. The molecule has 0 atom stereocenters. The van der Waals surface area contributed by atoms with Crippen molar-refractivity contribution in [3.05, 3.63) is 213 Å². The maximum Gasteiger partial charge on any atom is 0.0708 e. The van der Waals surface area contributed by atoms with E-state index in [1.807, 2.05) is 37.2 Å². The van der Waals surface area contributed by atoms with E-state index in [4.69, 9.17) is 9.97 Å². The average molecular weight is 778 g/mol. The summed E-state index contributed by atoms with van der Waals surface area (Å²) in [7, 11) is 0. The van der Waals surface area contributed by atoms with Crippen LogP contribution in [0.4, 0.5) is 17.1 Å². The van der Waals surface area contributed by atoms with Gasteiger partial charge < -0.3 is 4.90 Å². The molecule has 5 nitrogen and oxygen atoms in total. The molecule has 0 N–H and O–H groups in total. The van der Waals surface area contributed by atoms with Gasteiger partial charge in [0.15, 0.2) is 0 Å². The fourth-order valence-electron chi connectivity index (χ4n) is 8.93. The van der Waals surface area contributed by atoms with Crippen LogP contribution in [0.2, 0.25) is 0 Å². The Balaban J connectivity index is 0.934. The number of hydrogen-bond acceptors (Lipinski definition) is 5. The Labute approximate surface area is 351 Å². The number of hydrogen-bond donors (Lipinski definition) is 0. The number of nitrogens with zero attached hydrogens (tertiary/aromatic N) is 5. The second-order valence-corrected chi connectivity index (χ2v) is 15.6. The van der Waals surface area contributed by atoms with Crippen molar-refractivity contribution in [2.24, 2.45) is 0 Å². The van der Waals surface area contributed by atoms with Crippen LogP contribution in [-0.2, 0) is 0 Å². The molecule has 0 fully saturated rings. The lowest BCUT2D eigenvalue weighted by Crippen LogP contribution is -2.10. The lowest BCUT2D eigenvalue weighted by atomic mass is 9.97. The molecular formula is C56H35N5. The molecule has 0 amide bonds. The van der Waals surface area contributed by atoms with E-state index in [1.54, 1.807) is 0 Å². The second kappa shape index (κ2) is 14.2. The summed E-state index contributed by atoms with van der Waals surface area (Å²) in [5.74, 6) is 0. The first kappa shape index (κ1) is 34.7. The molecule has 0 unspecified atom stereocenters. The van der Waals surface area contributed by atoms with Gasteiger partial charge in [0.1, 0.15) is 0 Å². The summed E-state index contributed by atoms with van der Waals surface area (Å²) in [5.41, 5.74) is 9.60. The minimum absolute atomic E-state index is 0.934. The topological polar surface area (TPSA) is 54.8 Å². The highest BCUT2D eigenvalue weighted by atomic mass is 15.1. The average Bonchev–Trinajstić information content (AvgIpc) is 3.34. The van der Waals surface area contributed by atoms with Gasteiger partial charge in [0, 0.05) is 86.9 Å². The van der Waals surface area contributed by atoms with E-state index in [1.165, 1.54) is 32.7 Å². The first-order chi connectivity index (χ1) is 30.2. The zero-order valence-corrected chi connectivity index (χ0v) is 32.9. The number of fused-ring (bicyclic) bond motifs is 9. The molecule has 61 heavy (non-hydrogen) atoms. The smallest absolute Gasteiger partial charge is 0.0708 e. The van der Waals surface area contributed by atoms with Gasteiger partial charge in [-0.15, -0.1) is 0 Å². The Morgan fingerprint density at radius 3 is 1.28 bits per heavy atom. The molecule has 4 aromatic heterocycles. The lowest BCUT2D eigenvalue weighted by molar-refractivity contribution is 1.28. The Morgan fingerprint density at radius 2 is 0.721 bits per heavy atom. The molecule has 284 valence electrons. The second-order valence-electron chi connectivity index (χ2n) is 15.6. The van der Waals surface area contributed by atoms with Crippen LogP contribution in [0.25, 0.3) is 98.3 Å². The number of anilines is 3. The highest BCUT2D eigenvalue weighted by molar-refractivity contribution is 6.10. The van der Waals surface area contributed by atoms with Gasteiger partial charge in [0.25, 0.3) is 0 Å². The van der Waals surface area contributed by atoms with Crippen molar-refractivity contribution in [3.8, 4) is 33.6 Å². The highest BCUT2D eigenvalue weighted by Gasteiger charge is 2.16. The van der Waals surface area contributed by atoms with E-state index in [2.05, 4.69) is 191 Å². The first-order valence-corrected chi connectivity index (χ1v) is 20.5. The molecule has 12 aromatic rings. The maximum absolute atomic E-state index is 4.93. The van der Waals surface area contributed by atoms with Crippen molar-refractivity contribution in [2.75, 3.05) is 4.90 Å². The zero-order valence-electron chi connectivity index (χ0n) is 32.9. The molecule has 0 radical (unpaired) electrons. The van der Waals surface area contributed by atoms with Crippen LogP contribution in [-0.4, -0.2) is 19.9 Å². The molecule has 12 rings (SSSR count). The zero-order chi connectivity index (χ0) is 40.3. The number of rotatable bonds is 6. The minimum atomic E-state index is 0.934. The standard InChI is InChI=1S/C56H35N5/c1-2-4-36(5-3-1)39-16-22-49-40(28-39)6-7-41-29-48(21-23-50(41)49)61(46-17-12-37(13-18-46)55-30-42-8-10-44-32-57-26-24-51(44)53(42)34-59-55)47-19-14-38(15-20-47)56-31-43-9-11-45-33-58-27-25-52(45)54(43)35-60-56/h1-35H. The van der Waals surface area contributed by atoms with E-state index < -0.39 is 0 Å². The van der Waals surface area contributed by atoms with Crippen molar-refractivity contribution in [1.29, 1.82) is 0 Å². The fraction of sp³-hybridized carbons (Fsp3) is 0. The maximum atomic E-state index is 4.93. The van der Waals surface area contributed by atoms with E-state index in [0.29, 0.717) is 0 Å². The normalized spacial score (nSPS) is 11.6. The lowest BCUT2D eigenvalue weighted by Gasteiger charge is -2.26. The van der Waals surface area contributed by atoms with Crippen LogP contribution in [0.3, 0.4) is 0 Å². The quantitative estimate of drug-likeness (QED) is 0.157. The van der Waals surface area contributed by atoms with Crippen LogP contribution in [0.1, 0.15) is 0 Å². The van der Waals surface area contributed by atoms with E-state index in [0.717, 1.165) is 82.7 Å². The summed E-state index contributed by atoms with van der Waals surface area (Å²) in [5, 5.41) is 14.0. The third-order valence-corrected chi connectivity index (χ3v) is 12.1. The minimum Gasteiger partial charge on any atom is -0.310 e. The van der Waals surface area contributed by atoms with Crippen LogP contribution in [0.5, 0.6) is 0 Å². The Kier molecular flexibility index (Phi) is 8.10. The van der Waals surface area contributed by atoms with Crippen LogP contribution >= 0.6 is 0 Å². The van der Waals surface area contributed by atoms with Gasteiger partial charge in [-0.3, -0.25) is 19.9 Å². The molecule has 4 heterocycles.